The van der Waals surface area contributed by atoms with Gasteiger partial charge in [-0.15, -0.1) is 0 Å². The lowest BCUT2D eigenvalue weighted by Gasteiger charge is -2.00. The fraction of sp³-hybridized carbons (Fsp3) is 0. The first-order valence-electron chi connectivity index (χ1n) is 2.86. The summed E-state index contributed by atoms with van der Waals surface area (Å²) >= 11 is 9.54. The van der Waals surface area contributed by atoms with Crippen LogP contribution in [0.2, 0.25) is 0 Å². The van der Waals surface area contributed by atoms with Crippen molar-refractivity contribution < 1.29 is 13.2 Å². The van der Waals surface area contributed by atoms with Crippen molar-refractivity contribution in [2.24, 2.45) is 0 Å². The lowest BCUT2D eigenvalue weighted by molar-refractivity contribution is 0.541. The Hall–Kier alpha value is -0.610. The van der Waals surface area contributed by atoms with Gasteiger partial charge in [-0.2, -0.15) is 0 Å². The summed E-state index contributed by atoms with van der Waals surface area (Å²) in [6.07, 6.45) is 0. The van der Waals surface area contributed by atoms with Gasteiger partial charge in [0.15, 0.2) is 0 Å². The maximum Gasteiger partial charge on any atom is 0.138 e. The smallest absolute Gasteiger partial charge is 0.138 e. The maximum absolute atomic E-state index is 12.7. The van der Waals surface area contributed by atoms with E-state index in [4.69, 9.17) is 11.6 Å². The van der Waals surface area contributed by atoms with Crippen molar-refractivity contribution in [2.45, 2.75) is 0 Å². The molecule has 0 spiro atoms. The highest BCUT2D eigenvalue weighted by Crippen LogP contribution is 2.17. The average Bonchev–Trinajstić information content (AvgIpc) is 1.82. The number of halogens is 4. The van der Waals surface area contributed by atoms with Gasteiger partial charge in [-0.3, -0.25) is 0 Å². The van der Waals surface area contributed by atoms with E-state index in [1.807, 2.05) is 0 Å². The summed E-state index contributed by atoms with van der Waals surface area (Å²) in [6, 6.07) is 1.04. The lowest BCUT2D eigenvalue weighted by Crippen LogP contribution is -1.99. The minimum Gasteiger partial charge on any atom is -0.207 e. The number of rotatable bonds is 1. The Bertz CT molecular complexity index is 314. The second-order valence-corrected chi connectivity index (χ2v) is 3.03. The van der Waals surface area contributed by atoms with Gasteiger partial charge in [0.2, 0.25) is 0 Å². The van der Waals surface area contributed by atoms with E-state index < -0.39 is 27.3 Å². The topological polar surface area (TPSA) is 0 Å². The molecule has 12 heavy (non-hydrogen) atoms. The number of hydrogen-bond donors (Lipinski definition) is 0. The van der Waals surface area contributed by atoms with E-state index in [1.54, 1.807) is 0 Å². The highest BCUT2D eigenvalue weighted by atomic mass is 35.5. The number of thiocarbonyl (C=S) groups is 1. The standard InChI is InChI=1S/C7H2ClF3S/c8-7(12)6-4(10)1-3(9)2-5(6)11/h1-2H. The van der Waals surface area contributed by atoms with Crippen molar-refractivity contribution in [3.05, 3.63) is 35.1 Å². The van der Waals surface area contributed by atoms with E-state index in [9.17, 15) is 13.2 Å². The van der Waals surface area contributed by atoms with Gasteiger partial charge >= 0.3 is 0 Å². The average molecular weight is 211 g/mol. The van der Waals surface area contributed by atoms with Crippen LogP contribution in [-0.4, -0.2) is 4.32 Å². The van der Waals surface area contributed by atoms with Crippen molar-refractivity contribution in [2.75, 3.05) is 0 Å². The molecule has 0 atom stereocenters. The van der Waals surface area contributed by atoms with Crippen LogP contribution in [0, 0.1) is 17.5 Å². The van der Waals surface area contributed by atoms with Crippen LogP contribution >= 0.6 is 23.8 Å². The molecule has 0 unspecified atom stereocenters. The molecule has 1 aromatic carbocycles. The Morgan fingerprint density at radius 3 is 1.92 bits per heavy atom. The molecule has 5 heteroatoms. The summed E-state index contributed by atoms with van der Waals surface area (Å²) < 4.78 is 37.3. The molecule has 0 aliphatic carbocycles. The van der Waals surface area contributed by atoms with E-state index in [1.165, 1.54) is 0 Å². The van der Waals surface area contributed by atoms with Gasteiger partial charge < -0.3 is 0 Å². The minimum absolute atomic E-state index is 0.454. The van der Waals surface area contributed by atoms with Crippen molar-refractivity contribution in [1.82, 2.24) is 0 Å². The fourth-order valence-corrected chi connectivity index (χ4v) is 1.11. The van der Waals surface area contributed by atoms with E-state index >= 15 is 0 Å². The highest BCUT2D eigenvalue weighted by Gasteiger charge is 2.13. The zero-order valence-corrected chi connectivity index (χ0v) is 7.15. The second-order valence-electron chi connectivity index (χ2n) is 2.02. The molecule has 0 aliphatic heterocycles. The fourth-order valence-electron chi connectivity index (χ4n) is 0.730. The second kappa shape index (κ2) is 3.41. The molecule has 0 nitrogen and oxygen atoms in total. The Balaban J connectivity index is 3.38. The van der Waals surface area contributed by atoms with Crippen LogP contribution in [0.5, 0.6) is 0 Å². The Labute approximate surface area is 77.0 Å². The third-order valence-corrected chi connectivity index (χ3v) is 1.60. The zero-order chi connectivity index (χ0) is 9.30. The van der Waals surface area contributed by atoms with E-state index in [2.05, 4.69) is 12.2 Å². The zero-order valence-electron chi connectivity index (χ0n) is 5.57. The van der Waals surface area contributed by atoms with Gasteiger partial charge in [-0.05, 0) is 0 Å². The third-order valence-electron chi connectivity index (χ3n) is 1.20. The van der Waals surface area contributed by atoms with E-state index in [0.717, 1.165) is 0 Å². The van der Waals surface area contributed by atoms with Gasteiger partial charge in [0.05, 0.1) is 5.56 Å². The molecular formula is C7H2ClF3S. The third kappa shape index (κ3) is 1.76. The molecule has 1 aromatic rings. The van der Waals surface area contributed by atoms with Gasteiger partial charge in [-0.25, -0.2) is 13.2 Å². The maximum atomic E-state index is 12.7. The summed E-state index contributed by atoms with van der Waals surface area (Å²) in [5.41, 5.74) is -0.562. The first-order valence-corrected chi connectivity index (χ1v) is 3.65. The van der Waals surface area contributed by atoms with Crippen LogP contribution in [0.1, 0.15) is 5.56 Å². The summed E-state index contributed by atoms with van der Waals surface area (Å²) in [7, 11) is 0. The molecule has 0 radical (unpaired) electrons. The van der Waals surface area contributed by atoms with Crippen molar-refractivity contribution in [3.63, 3.8) is 0 Å². The molecular weight excluding hydrogens is 209 g/mol. The van der Waals surface area contributed by atoms with Gasteiger partial charge in [0.1, 0.15) is 21.8 Å². The Morgan fingerprint density at radius 2 is 1.58 bits per heavy atom. The molecule has 0 aliphatic rings. The largest absolute Gasteiger partial charge is 0.207 e. The van der Waals surface area contributed by atoms with Crippen molar-refractivity contribution >= 4 is 28.1 Å². The van der Waals surface area contributed by atoms with Crippen LogP contribution in [0.15, 0.2) is 12.1 Å². The molecule has 0 heterocycles. The summed E-state index contributed by atoms with van der Waals surface area (Å²) in [6.45, 7) is 0. The molecule has 0 saturated carbocycles. The van der Waals surface area contributed by atoms with Crippen molar-refractivity contribution in [1.29, 1.82) is 0 Å². The van der Waals surface area contributed by atoms with Gasteiger partial charge in [-0.1, -0.05) is 23.8 Å². The van der Waals surface area contributed by atoms with Crippen LogP contribution < -0.4 is 0 Å². The molecule has 0 saturated heterocycles. The van der Waals surface area contributed by atoms with Crippen LogP contribution in [0.25, 0.3) is 0 Å². The lowest BCUT2D eigenvalue weighted by atomic mass is 10.2. The van der Waals surface area contributed by atoms with Crippen LogP contribution in [0.3, 0.4) is 0 Å². The molecule has 0 aromatic heterocycles. The molecule has 0 N–H and O–H groups in total. The first-order chi connectivity index (χ1) is 5.52. The summed E-state index contributed by atoms with van der Waals surface area (Å²) in [4.78, 5) is 0. The quantitative estimate of drug-likeness (QED) is 0.507. The monoisotopic (exact) mass is 210 g/mol. The highest BCUT2D eigenvalue weighted by molar-refractivity contribution is 7.83. The minimum atomic E-state index is -1.09. The molecule has 64 valence electrons. The Kier molecular flexibility index (Phi) is 2.69. The molecule has 1 rings (SSSR count). The van der Waals surface area contributed by atoms with Gasteiger partial charge in [0, 0.05) is 12.1 Å². The molecule has 0 fully saturated rings. The predicted molar refractivity (Wildman–Crippen MR) is 43.9 cm³/mol. The van der Waals surface area contributed by atoms with E-state index in [-0.39, 0.29) is 0 Å². The van der Waals surface area contributed by atoms with Crippen LogP contribution in [0.4, 0.5) is 13.2 Å². The molecule has 0 amide bonds. The van der Waals surface area contributed by atoms with Gasteiger partial charge in [0.25, 0.3) is 0 Å². The summed E-state index contributed by atoms with van der Waals surface area (Å²) in [5.74, 6) is -3.18. The van der Waals surface area contributed by atoms with Crippen molar-refractivity contribution in [3.8, 4) is 0 Å². The SMILES string of the molecule is Fc1cc(F)c(C(=S)Cl)c(F)c1. The van der Waals surface area contributed by atoms with Crippen LogP contribution in [-0.2, 0) is 0 Å². The number of hydrogen-bond acceptors (Lipinski definition) is 1. The first kappa shape index (κ1) is 9.48. The van der Waals surface area contributed by atoms with E-state index in [0.29, 0.717) is 12.1 Å². The normalized spacial score (nSPS) is 10.0. The number of benzene rings is 1. The summed E-state index contributed by atoms with van der Waals surface area (Å²) in [5, 5.41) is 0. The molecule has 0 bridgehead atoms. The predicted octanol–water partition coefficient (Wildman–Crippen LogP) is 3.02. The Morgan fingerprint density at radius 1 is 1.17 bits per heavy atom.